The number of esters is 1. The summed E-state index contributed by atoms with van der Waals surface area (Å²) in [5, 5.41) is 0.557. The highest BCUT2D eigenvalue weighted by Gasteiger charge is 2.19. The van der Waals surface area contributed by atoms with Gasteiger partial charge in [0.05, 0.1) is 34.0 Å². The first-order valence-electron chi connectivity index (χ1n) is 10.1. The summed E-state index contributed by atoms with van der Waals surface area (Å²) in [6.07, 6.45) is 3.09. The van der Waals surface area contributed by atoms with Crippen LogP contribution < -0.4 is 23.7 Å². The van der Waals surface area contributed by atoms with Gasteiger partial charge in [-0.2, -0.15) is 0 Å². The molecule has 0 radical (unpaired) electrons. The van der Waals surface area contributed by atoms with Gasteiger partial charge in [-0.1, -0.05) is 23.7 Å². The van der Waals surface area contributed by atoms with Crippen molar-refractivity contribution in [1.82, 2.24) is 0 Å². The first-order valence-corrected chi connectivity index (χ1v) is 10.5. The Bertz CT molecular complexity index is 1190. The molecule has 176 valence electrons. The lowest BCUT2D eigenvalue weighted by molar-refractivity contribution is 0.0728. The first kappa shape index (κ1) is 24.7. The largest absolute Gasteiger partial charge is 0.493 e. The van der Waals surface area contributed by atoms with Crippen molar-refractivity contribution in [3.8, 4) is 28.7 Å². The number of carbonyl (C=O) groups is 2. The number of hydrogen-bond acceptors (Lipinski definition) is 7. The molecule has 0 heterocycles. The van der Waals surface area contributed by atoms with E-state index in [0.29, 0.717) is 39.1 Å². The van der Waals surface area contributed by atoms with Crippen molar-refractivity contribution in [3.05, 3.63) is 82.4 Å². The number of rotatable bonds is 9. The van der Waals surface area contributed by atoms with Gasteiger partial charge in [-0.3, -0.25) is 4.79 Å². The Morgan fingerprint density at radius 2 is 1.32 bits per heavy atom. The Morgan fingerprint density at radius 3 is 1.88 bits per heavy atom. The molecule has 0 fully saturated rings. The molecule has 0 unspecified atom stereocenters. The molecule has 0 atom stereocenters. The minimum absolute atomic E-state index is 0.173. The van der Waals surface area contributed by atoms with Crippen molar-refractivity contribution in [2.45, 2.75) is 0 Å². The van der Waals surface area contributed by atoms with E-state index in [2.05, 4.69) is 0 Å². The van der Waals surface area contributed by atoms with Crippen molar-refractivity contribution < 1.29 is 33.3 Å². The van der Waals surface area contributed by atoms with Crippen LogP contribution in [0.5, 0.6) is 28.7 Å². The summed E-state index contributed by atoms with van der Waals surface area (Å²) >= 11 is 5.86. The van der Waals surface area contributed by atoms with Crippen molar-refractivity contribution in [2.75, 3.05) is 28.4 Å². The zero-order valence-electron chi connectivity index (χ0n) is 19.1. The molecule has 3 aromatic carbocycles. The van der Waals surface area contributed by atoms with Crippen molar-refractivity contribution in [3.63, 3.8) is 0 Å². The van der Waals surface area contributed by atoms with E-state index in [9.17, 15) is 9.59 Å². The maximum Gasteiger partial charge on any atom is 0.343 e. The van der Waals surface area contributed by atoms with Gasteiger partial charge in [0.15, 0.2) is 28.8 Å². The number of ketones is 1. The summed E-state index contributed by atoms with van der Waals surface area (Å²) in [5.41, 5.74) is 1.41. The van der Waals surface area contributed by atoms with Crippen molar-refractivity contribution in [1.29, 1.82) is 0 Å². The summed E-state index contributed by atoms with van der Waals surface area (Å²) < 4.78 is 26.8. The number of methoxy groups -OCH3 is 4. The Morgan fingerprint density at radius 1 is 0.706 bits per heavy atom. The molecule has 0 saturated heterocycles. The number of benzene rings is 3. The van der Waals surface area contributed by atoms with E-state index in [1.807, 2.05) is 0 Å². The van der Waals surface area contributed by atoms with Crippen LogP contribution in [0.15, 0.2) is 60.7 Å². The van der Waals surface area contributed by atoms with Gasteiger partial charge in [0.25, 0.3) is 0 Å². The third-order valence-corrected chi connectivity index (χ3v) is 5.10. The van der Waals surface area contributed by atoms with Crippen LogP contribution in [-0.4, -0.2) is 40.2 Å². The Hall–Kier alpha value is -3.97. The highest BCUT2D eigenvalue weighted by Crippen LogP contribution is 2.39. The normalized spacial score (nSPS) is 10.6. The van der Waals surface area contributed by atoms with Crippen LogP contribution in [0.25, 0.3) is 6.08 Å². The summed E-state index contributed by atoms with van der Waals surface area (Å²) in [7, 11) is 5.85. The molecule has 0 amide bonds. The quantitative estimate of drug-likeness (QED) is 0.173. The van der Waals surface area contributed by atoms with Gasteiger partial charge in [-0.15, -0.1) is 0 Å². The molecule has 34 heavy (non-hydrogen) atoms. The van der Waals surface area contributed by atoms with Crippen LogP contribution in [-0.2, 0) is 0 Å². The third-order valence-electron chi connectivity index (χ3n) is 4.85. The zero-order valence-corrected chi connectivity index (χ0v) is 19.8. The van der Waals surface area contributed by atoms with Crippen LogP contribution in [0.2, 0.25) is 5.02 Å². The molecule has 0 aliphatic rings. The van der Waals surface area contributed by atoms with E-state index in [4.69, 9.17) is 35.3 Å². The van der Waals surface area contributed by atoms with Crippen LogP contribution in [0.3, 0.4) is 0 Å². The second kappa shape index (κ2) is 11.2. The van der Waals surface area contributed by atoms with Crippen LogP contribution in [0.4, 0.5) is 0 Å². The van der Waals surface area contributed by atoms with E-state index in [-0.39, 0.29) is 17.1 Å². The summed E-state index contributed by atoms with van der Waals surface area (Å²) in [4.78, 5) is 25.1. The predicted molar refractivity (Wildman–Crippen MR) is 129 cm³/mol. The van der Waals surface area contributed by atoms with Gasteiger partial charge in [0.1, 0.15) is 0 Å². The first-order chi connectivity index (χ1) is 16.4. The van der Waals surface area contributed by atoms with Crippen LogP contribution >= 0.6 is 11.6 Å². The molecular weight excluding hydrogens is 460 g/mol. The number of allylic oxidation sites excluding steroid dienone is 1. The molecule has 0 aromatic heterocycles. The molecule has 0 spiro atoms. The minimum Gasteiger partial charge on any atom is -0.493 e. The summed E-state index contributed by atoms with van der Waals surface area (Å²) in [5.74, 6) is 0.734. The monoisotopic (exact) mass is 482 g/mol. The average Bonchev–Trinajstić information content (AvgIpc) is 2.87. The topological polar surface area (TPSA) is 80.3 Å². The van der Waals surface area contributed by atoms with Gasteiger partial charge >= 0.3 is 5.97 Å². The zero-order chi connectivity index (χ0) is 24.7. The molecule has 3 aromatic rings. The van der Waals surface area contributed by atoms with E-state index < -0.39 is 5.97 Å². The minimum atomic E-state index is -0.640. The number of hydrogen-bond donors (Lipinski definition) is 0. The molecule has 3 rings (SSSR count). The van der Waals surface area contributed by atoms with Gasteiger partial charge in [0, 0.05) is 10.6 Å². The Balaban J connectivity index is 1.80. The van der Waals surface area contributed by atoms with Crippen LogP contribution in [0.1, 0.15) is 26.3 Å². The Kier molecular flexibility index (Phi) is 8.16. The van der Waals surface area contributed by atoms with Crippen LogP contribution in [0, 0.1) is 0 Å². The molecular formula is C26H23ClO7. The van der Waals surface area contributed by atoms with E-state index >= 15 is 0 Å². The molecule has 0 saturated carbocycles. The number of carbonyl (C=O) groups excluding carboxylic acids is 2. The lowest BCUT2D eigenvalue weighted by Gasteiger charge is -2.14. The SMILES string of the molecule is COc1cc(/C=C/C(=O)c2ccc(Cl)cc2)ccc1OC(=O)c1cc(OC)c(OC)c(OC)c1. The maximum absolute atomic E-state index is 12.8. The molecule has 8 heteroatoms. The van der Waals surface area contributed by atoms with Gasteiger partial charge < -0.3 is 23.7 Å². The second-order valence-corrected chi connectivity index (χ2v) is 7.35. The fourth-order valence-corrected chi connectivity index (χ4v) is 3.24. The number of halogens is 1. The van der Waals surface area contributed by atoms with Crippen molar-refractivity contribution >= 4 is 29.4 Å². The standard InChI is InChI=1S/C26H23ClO7/c1-30-22-13-16(5-11-20(28)17-7-9-19(27)10-8-17)6-12-21(22)34-26(29)18-14-23(31-2)25(33-4)24(15-18)32-3/h5-15H,1-4H3/b11-5+. The summed E-state index contributed by atoms with van der Waals surface area (Å²) in [6.45, 7) is 0. The van der Waals surface area contributed by atoms with Gasteiger partial charge in [-0.05, 0) is 60.2 Å². The maximum atomic E-state index is 12.8. The van der Waals surface area contributed by atoms with Gasteiger partial charge in [-0.25, -0.2) is 4.79 Å². The molecule has 0 bridgehead atoms. The summed E-state index contributed by atoms with van der Waals surface area (Å²) in [6, 6.07) is 14.6. The fraction of sp³-hybridized carbons (Fsp3) is 0.154. The Labute approximate surface area is 202 Å². The average molecular weight is 483 g/mol. The third kappa shape index (κ3) is 5.68. The molecule has 0 N–H and O–H groups in total. The van der Waals surface area contributed by atoms with Crippen molar-refractivity contribution in [2.24, 2.45) is 0 Å². The highest BCUT2D eigenvalue weighted by molar-refractivity contribution is 6.30. The second-order valence-electron chi connectivity index (χ2n) is 6.92. The van der Waals surface area contributed by atoms with E-state index in [1.165, 1.54) is 46.6 Å². The van der Waals surface area contributed by atoms with E-state index in [1.54, 1.807) is 48.5 Å². The lowest BCUT2D eigenvalue weighted by Crippen LogP contribution is -2.10. The van der Waals surface area contributed by atoms with Gasteiger partial charge in [0.2, 0.25) is 5.75 Å². The van der Waals surface area contributed by atoms with E-state index in [0.717, 1.165) is 0 Å². The highest BCUT2D eigenvalue weighted by atomic mass is 35.5. The predicted octanol–water partition coefficient (Wildman–Crippen LogP) is 5.49. The molecule has 7 nitrogen and oxygen atoms in total. The molecule has 0 aliphatic heterocycles. The number of ether oxygens (including phenoxy) is 5. The lowest BCUT2D eigenvalue weighted by atomic mass is 10.1. The smallest absolute Gasteiger partial charge is 0.343 e. The fourth-order valence-electron chi connectivity index (χ4n) is 3.11. The molecule has 0 aliphatic carbocycles.